The van der Waals surface area contributed by atoms with Gasteiger partial charge in [0.2, 0.25) is 0 Å². The molecule has 1 heterocycles. The molecule has 1 saturated carbocycles. The van der Waals surface area contributed by atoms with Crippen LogP contribution in [0.25, 0.3) is 0 Å². The Bertz CT molecular complexity index is 288. The predicted octanol–water partition coefficient (Wildman–Crippen LogP) is 2.25. The molecule has 2 atom stereocenters. The molecule has 0 aromatic heterocycles. The number of hydrogen-bond acceptors (Lipinski definition) is 3. The number of nitrogens with two attached hydrogens (primary N) is 1. The summed E-state index contributed by atoms with van der Waals surface area (Å²) < 4.78 is 5.60. The minimum atomic E-state index is 0.166. The van der Waals surface area contributed by atoms with Crippen LogP contribution in [0.4, 0.5) is 0 Å². The van der Waals surface area contributed by atoms with Crippen molar-refractivity contribution in [3.63, 3.8) is 0 Å². The van der Waals surface area contributed by atoms with Crippen LogP contribution in [-0.2, 0) is 4.74 Å². The van der Waals surface area contributed by atoms with E-state index in [9.17, 15) is 0 Å². The molecular weight excluding hydrogens is 224 g/mol. The maximum atomic E-state index is 6.35. The number of rotatable bonds is 2. The predicted molar refractivity (Wildman–Crippen MR) is 75.6 cm³/mol. The van der Waals surface area contributed by atoms with E-state index < -0.39 is 0 Å². The lowest BCUT2D eigenvalue weighted by Crippen LogP contribution is -2.56. The van der Waals surface area contributed by atoms with Gasteiger partial charge in [-0.15, -0.1) is 0 Å². The first-order valence-corrected chi connectivity index (χ1v) is 7.39. The summed E-state index contributed by atoms with van der Waals surface area (Å²) in [4.78, 5) is 2.59. The van der Waals surface area contributed by atoms with Crippen LogP contribution in [-0.4, -0.2) is 42.8 Å². The summed E-state index contributed by atoms with van der Waals surface area (Å²) >= 11 is 0. The van der Waals surface area contributed by atoms with E-state index in [4.69, 9.17) is 10.5 Å². The zero-order chi connectivity index (χ0) is 13.4. The van der Waals surface area contributed by atoms with Crippen molar-refractivity contribution in [3.8, 4) is 0 Å². The lowest BCUT2D eigenvalue weighted by molar-refractivity contribution is -0.0634. The van der Waals surface area contributed by atoms with Gasteiger partial charge in [0.25, 0.3) is 0 Å². The Morgan fingerprint density at radius 2 is 2.00 bits per heavy atom. The summed E-state index contributed by atoms with van der Waals surface area (Å²) in [6, 6.07) is 0.386. The van der Waals surface area contributed by atoms with Gasteiger partial charge in [-0.2, -0.15) is 0 Å². The number of ether oxygens (including phenoxy) is 1. The molecule has 0 amide bonds. The second-order valence-electron chi connectivity index (χ2n) is 7.64. The lowest BCUT2D eigenvalue weighted by atomic mass is 9.70. The van der Waals surface area contributed by atoms with Gasteiger partial charge in [-0.25, -0.2) is 0 Å². The molecule has 2 aliphatic rings. The first-order valence-electron chi connectivity index (χ1n) is 7.39. The second kappa shape index (κ2) is 5.10. The lowest BCUT2D eigenvalue weighted by Gasteiger charge is -2.47. The van der Waals surface area contributed by atoms with Gasteiger partial charge in [0.05, 0.1) is 13.2 Å². The first kappa shape index (κ1) is 14.3. The van der Waals surface area contributed by atoms with E-state index in [1.807, 2.05) is 0 Å². The monoisotopic (exact) mass is 254 g/mol. The van der Waals surface area contributed by atoms with E-state index in [1.54, 1.807) is 0 Å². The maximum Gasteiger partial charge on any atom is 0.0645 e. The summed E-state index contributed by atoms with van der Waals surface area (Å²) in [5.74, 6) is 0.645. The van der Waals surface area contributed by atoms with Crippen molar-refractivity contribution in [2.45, 2.75) is 58.5 Å². The van der Waals surface area contributed by atoms with Gasteiger partial charge >= 0.3 is 0 Å². The fourth-order valence-electron chi connectivity index (χ4n) is 3.47. The van der Waals surface area contributed by atoms with Crippen LogP contribution in [0.1, 0.15) is 47.0 Å². The third kappa shape index (κ3) is 3.25. The van der Waals surface area contributed by atoms with Crippen molar-refractivity contribution >= 4 is 0 Å². The summed E-state index contributed by atoms with van der Waals surface area (Å²) in [5, 5.41) is 0. The fourth-order valence-corrected chi connectivity index (χ4v) is 3.47. The Hall–Kier alpha value is -0.120. The van der Waals surface area contributed by atoms with Crippen LogP contribution in [0.15, 0.2) is 0 Å². The van der Waals surface area contributed by atoms with E-state index >= 15 is 0 Å². The normalized spacial score (nSPS) is 36.5. The topological polar surface area (TPSA) is 38.5 Å². The molecule has 0 aromatic rings. The Morgan fingerprint density at radius 1 is 1.28 bits per heavy atom. The Morgan fingerprint density at radius 3 is 2.67 bits per heavy atom. The molecule has 1 saturated heterocycles. The molecule has 1 aliphatic carbocycles. The molecular formula is C15H30N2O. The molecule has 3 nitrogen and oxygen atoms in total. The van der Waals surface area contributed by atoms with Gasteiger partial charge in [0.1, 0.15) is 0 Å². The van der Waals surface area contributed by atoms with E-state index in [-0.39, 0.29) is 5.54 Å². The third-order valence-corrected chi connectivity index (χ3v) is 4.85. The number of morpholine rings is 1. The highest BCUT2D eigenvalue weighted by atomic mass is 16.5. The van der Waals surface area contributed by atoms with E-state index in [0.717, 1.165) is 26.3 Å². The highest BCUT2D eigenvalue weighted by molar-refractivity contribution is 4.92. The molecule has 2 rings (SSSR count). The summed E-state index contributed by atoms with van der Waals surface area (Å²) in [6.07, 6.45) is 3.72. The summed E-state index contributed by atoms with van der Waals surface area (Å²) in [6.45, 7) is 13.2. The minimum absolute atomic E-state index is 0.166. The highest BCUT2D eigenvalue weighted by Gasteiger charge is 2.37. The van der Waals surface area contributed by atoms with Crippen molar-refractivity contribution < 1.29 is 4.74 Å². The summed E-state index contributed by atoms with van der Waals surface area (Å²) in [7, 11) is 0. The van der Waals surface area contributed by atoms with Crippen molar-refractivity contribution in [3.05, 3.63) is 0 Å². The first-order chi connectivity index (χ1) is 8.30. The Labute approximate surface area is 112 Å². The molecule has 1 aliphatic heterocycles. The third-order valence-electron chi connectivity index (χ3n) is 4.85. The van der Waals surface area contributed by atoms with E-state index in [2.05, 4.69) is 32.6 Å². The van der Waals surface area contributed by atoms with Gasteiger partial charge in [0, 0.05) is 24.7 Å². The largest absolute Gasteiger partial charge is 0.378 e. The van der Waals surface area contributed by atoms with Gasteiger partial charge in [0.15, 0.2) is 0 Å². The maximum absolute atomic E-state index is 6.35. The summed E-state index contributed by atoms with van der Waals surface area (Å²) in [5.41, 5.74) is 6.98. The van der Waals surface area contributed by atoms with Crippen molar-refractivity contribution in [2.75, 3.05) is 26.3 Å². The molecule has 18 heavy (non-hydrogen) atoms. The van der Waals surface area contributed by atoms with E-state index in [1.165, 1.54) is 19.3 Å². The molecule has 0 radical (unpaired) electrons. The Balaban J connectivity index is 1.98. The van der Waals surface area contributed by atoms with Crippen LogP contribution < -0.4 is 5.73 Å². The quantitative estimate of drug-likeness (QED) is 0.821. The zero-order valence-electron chi connectivity index (χ0n) is 12.5. The minimum Gasteiger partial charge on any atom is -0.378 e. The van der Waals surface area contributed by atoms with Gasteiger partial charge < -0.3 is 10.5 Å². The van der Waals surface area contributed by atoms with Gasteiger partial charge in [-0.1, -0.05) is 13.8 Å². The average molecular weight is 254 g/mol. The highest BCUT2D eigenvalue weighted by Crippen LogP contribution is 2.39. The molecule has 3 heteroatoms. The SMILES string of the molecule is CC1(C)CCC(N)C(CN2CCOCC2(C)C)C1. The molecule has 2 fully saturated rings. The number of nitrogens with zero attached hydrogens (tertiary/aromatic N) is 1. The molecule has 2 N–H and O–H groups in total. The zero-order valence-corrected chi connectivity index (χ0v) is 12.5. The molecule has 2 unspecified atom stereocenters. The number of hydrogen-bond donors (Lipinski definition) is 1. The standard InChI is InChI=1S/C15H30N2O/c1-14(2)6-5-13(16)12(9-14)10-17-7-8-18-11-15(17,3)4/h12-13H,5-11,16H2,1-4H3. The molecule has 0 spiro atoms. The van der Waals surface area contributed by atoms with E-state index in [0.29, 0.717) is 17.4 Å². The molecule has 106 valence electrons. The Kier molecular flexibility index (Phi) is 4.05. The van der Waals surface area contributed by atoms with Gasteiger partial charge in [-0.3, -0.25) is 4.90 Å². The van der Waals surface area contributed by atoms with Crippen LogP contribution in [0, 0.1) is 11.3 Å². The van der Waals surface area contributed by atoms with Crippen LogP contribution in [0.5, 0.6) is 0 Å². The van der Waals surface area contributed by atoms with Crippen LogP contribution in [0.3, 0.4) is 0 Å². The van der Waals surface area contributed by atoms with Crippen molar-refractivity contribution in [1.29, 1.82) is 0 Å². The smallest absolute Gasteiger partial charge is 0.0645 e. The van der Waals surface area contributed by atoms with Gasteiger partial charge in [-0.05, 0) is 44.4 Å². The van der Waals surface area contributed by atoms with Crippen LogP contribution in [0.2, 0.25) is 0 Å². The molecule has 0 bridgehead atoms. The fraction of sp³-hybridized carbons (Fsp3) is 1.00. The molecule has 0 aromatic carbocycles. The average Bonchev–Trinajstić information content (AvgIpc) is 2.26. The van der Waals surface area contributed by atoms with Crippen molar-refractivity contribution in [2.24, 2.45) is 17.1 Å². The van der Waals surface area contributed by atoms with Crippen molar-refractivity contribution in [1.82, 2.24) is 4.90 Å². The van der Waals surface area contributed by atoms with Crippen LogP contribution >= 0.6 is 0 Å². The second-order valence-corrected chi connectivity index (χ2v) is 7.64.